The van der Waals surface area contributed by atoms with Gasteiger partial charge in [-0.3, -0.25) is 9.69 Å². The van der Waals surface area contributed by atoms with E-state index in [-0.39, 0.29) is 11.9 Å². The summed E-state index contributed by atoms with van der Waals surface area (Å²) < 4.78 is 27.8. The van der Waals surface area contributed by atoms with Crippen LogP contribution in [0.5, 0.6) is 0 Å². The van der Waals surface area contributed by atoms with E-state index in [0.29, 0.717) is 37.5 Å². The third-order valence-corrected chi connectivity index (χ3v) is 7.97. The van der Waals surface area contributed by atoms with Gasteiger partial charge in [0.2, 0.25) is 15.9 Å². The molecule has 2 aliphatic heterocycles. The molecular weight excluding hydrogens is 396 g/mol. The number of fused-ring (bicyclic) bond motifs is 1. The van der Waals surface area contributed by atoms with Crippen LogP contribution in [0.4, 0.5) is 5.69 Å². The Hall–Kier alpha value is -1.81. The first-order valence-corrected chi connectivity index (χ1v) is 11.8. The summed E-state index contributed by atoms with van der Waals surface area (Å²) in [5.74, 6) is -0.0157. The van der Waals surface area contributed by atoms with Crippen molar-refractivity contribution in [3.63, 3.8) is 0 Å². The fourth-order valence-electron chi connectivity index (χ4n) is 4.07. The van der Waals surface area contributed by atoms with Gasteiger partial charge < -0.3 is 4.90 Å². The number of piperazine rings is 1. The van der Waals surface area contributed by atoms with Crippen molar-refractivity contribution in [3.05, 3.63) is 40.3 Å². The van der Waals surface area contributed by atoms with Crippen LogP contribution in [-0.2, 0) is 27.8 Å². The third kappa shape index (κ3) is 3.59. The lowest BCUT2D eigenvalue weighted by atomic mass is 10.1. The van der Waals surface area contributed by atoms with Gasteiger partial charge in [0.15, 0.2) is 0 Å². The van der Waals surface area contributed by atoms with Crippen LogP contribution in [0.3, 0.4) is 0 Å². The van der Waals surface area contributed by atoms with Crippen molar-refractivity contribution in [1.29, 1.82) is 0 Å². The van der Waals surface area contributed by atoms with E-state index in [1.165, 1.54) is 0 Å². The number of anilines is 1. The highest BCUT2D eigenvalue weighted by Gasteiger charge is 2.33. The van der Waals surface area contributed by atoms with Gasteiger partial charge in [-0.2, -0.15) is 4.31 Å². The second-order valence-electron chi connectivity index (χ2n) is 7.39. The summed E-state index contributed by atoms with van der Waals surface area (Å²) in [6, 6.07) is 5.20. The first-order chi connectivity index (χ1) is 13.4. The van der Waals surface area contributed by atoms with Crippen molar-refractivity contribution in [2.24, 2.45) is 0 Å². The van der Waals surface area contributed by atoms with Crippen molar-refractivity contribution in [1.82, 2.24) is 14.2 Å². The normalized spacial score (nSPS) is 21.1. The highest BCUT2D eigenvalue weighted by molar-refractivity contribution is 7.89. The number of carbonyl (C=O) groups excluding carboxylic acids is 1. The molecule has 2 aliphatic rings. The number of rotatable bonds is 4. The Balaban J connectivity index is 1.48. The van der Waals surface area contributed by atoms with Gasteiger partial charge in [0.1, 0.15) is 0 Å². The molecule has 1 aromatic heterocycles. The number of nitrogens with zero attached hydrogens (tertiary/aromatic N) is 4. The Morgan fingerprint density at radius 3 is 2.64 bits per heavy atom. The molecule has 3 heterocycles. The minimum atomic E-state index is -3.53. The molecule has 0 radical (unpaired) electrons. The zero-order chi connectivity index (χ0) is 19.9. The van der Waals surface area contributed by atoms with Gasteiger partial charge in [0, 0.05) is 56.8 Å². The molecule has 1 amide bonds. The Labute approximate surface area is 169 Å². The Morgan fingerprint density at radius 1 is 1.25 bits per heavy atom. The van der Waals surface area contributed by atoms with Crippen LogP contribution in [0, 0.1) is 0 Å². The Kier molecular flexibility index (Phi) is 5.26. The summed E-state index contributed by atoms with van der Waals surface area (Å²) >= 11 is 1.57. The molecule has 1 atom stereocenters. The summed E-state index contributed by atoms with van der Waals surface area (Å²) in [6.45, 7) is 6.61. The molecule has 4 rings (SSSR count). The van der Waals surface area contributed by atoms with Crippen LogP contribution < -0.4 is 4.90 Å². The van der Waals surface area contributed by atoms with E-state index >= 15 is 0 Å². The lowest BCUT2D eigenvalue weighted by molar-refractivity contribution is -0.116. The fraction of sp³-hybridized carbons (Fsp3) is 0.474. The highest BCUT2D eigenvalue weighted by atomic mass is 32.2. The predicted molar refractivity (Wildman–Crippen MR) is 109 cm³/mol. The van der Waals surface area contributed by atoms with Gasteiger partial charge >= 0.3 is 0 Å². The highest BCUT2D eigenvalue weighted by Crippen LogP contribution is 2.34. The first-order valence-electron chi connectivity index (χ1n) is 9.38. The minimum Gasteiger partial charge on any atom is -0.309 e. The number of amides is 1. The molecule has 0 saturated carbocycles. The molecule has 0 aliphatic carbocycles. The Morgan fingerprint density at radius 2 is 2.00 bits per heavy atom. The van der Waals surface area contributed by atoms with Crippen molar-refractivity contribution < 1.29 is 13.2 Å². The first kappa shape index (κ1) is 19.5. The molecule has 1 saturated heterocycles. The van der Waals surface area contributed by atoms with Crippen LogP contribution in [-0.4, -0.2) is 60.7 Å². The summed E-state index contributed by atoms with van der Waals surface area (Å²) in [5.41, 5.74) is 4.60. The van der Waals surface area contributed by atoms with Crippen LogP contribution in [0.25, 0.3) is 0 Å². The van der Waals surface area contributed by atoms with Gasteiger partial charge in [-0.1, -0.05) is 0 Å². The molecule has 150 valence electrons. The van der Waals surface area contributed by atoms with E-state index in [4.69, 9.17) is 0 Å². The Bertz CT molecular complexity index is 967. The van der Waals surface area contributed by atoms with Crippen molar-refractivity contribution in [2.45, 2.75) is 37.8 Å². The van der Waals surface area contributed by atoms with Gasteiger partial charge in [-0.25, -0.2) is 13.4 Å². The third-order valence-electron chi connectivity index (χ3n) is 5.44. The quantitative estimate of drug-likeness (QED) is 0.756. The van der Waals surface area contributed by atoms with E-state index in [1.54, 1.807) is 45.7 Å². The molecule has 0 spiro atoms. The van der Waals surface area contributed by atoms with Crippen molar-refractivity contribution in [2.75, 3.05) is 31.1 Å². The minimum absolute atomic E-state index is 0.0157. The maximum atomic E-state index is 13.1. The van der Waals surface area contributed by atoms with Crippen molar-refractivity contribution >= 4 is 33.0 Å². The van der Waals surface area contributed by atoms with E-state index in [0.717, 1.165) is 23.5 Å². The number of sulfonamides is 1. The summed E-state index contributed by atoms with van der Waals surface area (Å²) in [7, 11) is -3.53. The van der Waals surface area contributed by atoms with Crippen LogP contribution in [0.15, 0.2) is 34.0 Å². The van der Waals surface area contributed by atoms with Crippen molar-refractivity contribution in [3.8, 4) is 0 Å². The molecule has 0 bridgehead atoms. The number of thiazole rings is 1. The van der Waals surface area contributed by atoms with E-state index in [2.05, 4.69) is 9.88 Å². The number of aromatic nitrogens is 1. The molecule has 2 aromatic rings. The standard InChI is InChI=1S/C19H24N4O3S2/c1-14-9-16-10-18(3-4-19(16)23(14)15(2)24)28(25,26)22-7-5-21(6-8-22)11-17-12-27-13-20-17/h3-4,10,12-14H,5-9,11H2,1-2H3. The molecule has 9 heteroatoms. The average Bonchev–Trinajstić information content (AvgIpc) is 3.27. The lowest BCUT2D eigenvalue weighted by Gasteiger charge is -2.33. The SMILES string of the molecule is CC(=O)N1c2ccc(S(=O)(=O)N3CCN(Cc4cscn4)CC3)cc2CC1C. The number of hydrogen-bond donors (Lipinski definition) is 0. The van der Waals surface area contributed by atoms with Crippen LogP contribution in [0.2, 0.25) is 0 Å². The van der Waals surface area contributed by atoms with Gasteiger partial charge in [0.05, 0.1) is 16.1 Å². The predicted octanol–water partition coefficient (Wildman–Crippen LogP) is 1.95. The molecule has 7 nitrogen and oxygen atoms in total. The topological polar surface area (TPSA) is 73.8 Å². The largest absolute Gasteiger partial charge is 0.309 e. The fourth-order valence-corrected chi connectivity index (χ4v) is 6.09. The summed E-state index contributed by atoms with van der Waals surface area (Å²) in [6.07, 6.45) is 0.680. The summed E-state index contributed by atoms with van der Waals surface area (Å²) in [4.78, 5) is 20.5. The zero-order valence-corrected chi connectivity index (χ0v) is 17.7. The molecule has 1 unspecified atom stereocenters. The maximum absolute atomic E-state index is 13.1. The zero-order valence-electron chi connectivity index (χ0n) is 16.0. The second-order valence-corrected chi connectivity index (χ2v) is 10.0. The van der Waals surface area contributed by atoms with E-state index < -0.39 is 10.0 Å². The number of hydrogen-bond acceptors (Lipinski definition) is 6. The molecule has 28 heavy (non-hydrogen) atoms. The average molecular weight is 421 g/mol. The van der Waals surface area contributed by atoms with E-state index in [9.17, 15) is 13.2 Å². The van der Waals surface area contributed by atoms with Gasteiger partial charge in [-0.05, 0) is 37.1 Å². The lowest BCUT2D eigenvalue weighted by Crippen LogP contribution is -2.48. The monoisotopic (exact) mass is 420 g/mol. The van der Waals surface area contributed by atoms with Gasteiger partial charge in [0.25, 0.3) is 0 Å². The molecule has 0 N–H and O–H groups in total. The number of carbonyl (C=O) groups is 1. The summed E-state index contributed by atoms with van der Waals surface area (Å²) in [5, 5.41) is 2.03. The second kappa shape index (κ2) is 7.55. The van der Waals surface area contributed by atoms with Gasteiger partial charge in [-0.15, -0.1) is 11.3 Å². The molecule has 1 aromatic carbocycles. The van der Waals surface area contributed by atoms with Crippen LogP contribution in [0.1, 0.15) is 25.1 Å². The van der Waals surface area contributed by atoms with Crippen LogP contribution >= 0.6 is 11.3 Å². The smallest absolute Gasteiger partial charge is 0.243 e. The van der Waals surface area contributed by atoms with E-state index in [1.807, 2.05) is 17.8 Å². The number of benzene rings is 1. The molecular formula is C19H24N4O3S2. The molecule has 1 fully saturated rings. The maximum Gasteiger partial charge on any atom is 0.243 e.